The third-order valence-corrected chi connectivity index (χ3v) is 2.49. The van der Waals surface area contributed by atoms with E-state index in [0.717, 1.165) is 0 Å². The Hall–Kier alpha value is -1.93. The summed E-state index contributed by atoms with van der Waals surface area (Å²) >= 11 is 0. The molecule has 8 heteroatoms. The highest BCUT2D eigenvalue weighted by Gasteiger charge is 2.11. The summed E-state index contributed by atoms with van der Waals surface area (Å²) in [5, 5.41) is 19.0. The molecule has 7 nitrogen and oxygen atoms in total. The van der Waals surface area contributed by atoms with E-state index in [1.165, 1.54) is 0 Å². The molecule has 0 aromatic heterocycles. The molecule has 0 unspecified atom stereocenters. The molecule has 0 amide bonds. The molecule has 86 valence electrons. The van der Waals surface area contributed by atoms with E-state index in [-0.39, 0.29) is 0 Å². The van der Waals surface area contributed by atoms with Crippen molar-refractivity contribution in [3.8, 4) is 0 Å². The fourth-order valence-electron chi connectivity index (χ4n) is 0.985. The summed E-state index contributed by atoms with van der Waals surface area (Å²) in [4.78, 5) is 20.1. The first-order valence-corrected chi connectivity index (χ1v) is 5.18. The molecule has 0 aliphatic heterocycles. The van der Waals surface area contributed by atoms with Gasteiger partial charge in [0.15, 0.2) is 0 Å². The first-order chi connectivity index (χ1) is 7.21. The monoisotopic (exact) mass is 244 g/mol. The lowest BCUT2D eigenvalue weighted by atomic mass is 10.1. The van der Waals surface area contributed by atoms with Crippen LogP contribution in [0.25, 0.3) is 0 Å². The third kappa shape index (κ3) is 2.55. The van der Waals surface area contributed by atoms with Crippen molar-refractivity contribution in [3.63, 3.8) is 0 Å². The van der Waals surface area contributed by atoms with E-state index in [4.69, 9.17) is 5.11 Å². The molecular weight excluding hydrogens is 240 g/mol. The molecule has 1 rings (SSSR count). The minimum atomic E-state index is -4.92. The van der Waals surface area contributed by atoms with Crippen LogP contribution in [0.2, 0.25) is 0 Å². The Morgan fingerprint density at radius 1 is 1.12 bits per heavy atom. The minimum Gasteiger partial charge on any atom is -0.744 e. The normalized spacial score (nSPS) is 11.1. The molecule has 1 aromatic rings. The number of carbonyl (C=O) groups excluding carboxylic acids is 1. The van der Waals surface area contributed by atoms with E-state index in [0.29, 0.717) is 18.2 Å². The molecule has 0 spiro atoms. The molecule has 16 heavy (non-hydrogen) atoms. The van der Waals surface area contributed by atoms with E-state index in [1.807, 2.05) is 0 Å². The van der Waals surface area contributed by atoms with Gasteiger partial charge in [0.25, 0.3) is 0 Å². The number of rotatable bonds is 3. The minimum absolute atomic E-state index is 0.546. The van der Waals surface area contributed by atoms with Crippen LogP contribution in [-0.4, -0.2) is 30.0 Å². The maximum atomic E-state index is 10.6. The zero-order chi connectivity index (χ0) is 12.5. The Labute approximate surface area is 89.7 Å². The van der Waals surface area contributed by atoms with Crippen molar-refractivity contribution in [2.24, 2.45) is 0 Å². The summed E-state index contributed by atoms with van der Waals surface area (Å²) in [7, 11) is -4.92. The lowest BCUT2D eigenvalue weighted by Crippen LogP contribution is -2.23. The maximum absolute atomic E-state index is 10.6. The van der Waals surface area contributed by atoms with Crippen LogP contribution in [0.4, 0.5) is 0 Å². The second kappa shape index (κ2) is 3.91. The van der Waals surface area contributed by atoms with Crippen LogP contribution in [0.1, 0.15) is 20.7 Å². The SMILES string of the molecule is O=C([O-])c1cc(C(=O)O)cc(S(=O)(=O)[O-])c1. The van der Waals surface area contributed by atoms with Crippen molar-refractivity contribution in [3.05, 3.63) is 29.3 Å². The molecule has 0 fully saturated rings. The molecular formula is C8H4O7S-2. The van der Waals surface area contributed by atoms with Crippen molar-refractivity contribution in [2.45, 2.75) is 4.90 Å². The molecule has 0 aliphatic carbocycles. The highest BCUT2D eigenvalue weighted by molar-refractivity contribution is 7.85. The zero-order valence-electron chi connectivity index (χ0n) is 7.54. The highest BCUT2D eigenvalue weighted by atomic mass is 32.2. The standard InChI is InChI=1S/C8H6O7S/c9-7(10)4-1-5(8(11)12)3-6(2-4)16(13,14)15/h1-3H,(H,9,10)(H,11,12)(H,13,14,15)/p-2. The van der Waals surface area contributed by atoms with E-state index in [9.17, 15) is 27.7 Å². The van der Waals surface area contributed by atoms with Crippen LogP contribution < -0.4 is 5.11 Å². The topological polar surface area (TPSA) is 135 Å². The van der Waals surface area contributed by atoms with Crippen molar-refractivity contribution >= 4 is 22.1 Å². The van der Waals surface area contributed by atoms with Crippen LogP contribution >= 0.6 is 0 Å². The summed E-state index contributed by atoms with van der Waals surface area (Å²) < 4.78 is 31.9. The molecule has 0 radical (unpaired) electrons. The van der Waals surface area contributed by atoms with Crippen molar-refractivity contribution < 1.29 is 32.8 Å². The summed E-state index contributed by atoms with van der Waals surface area (Å²) in [5.41, 5.74) is -1.30. The largest absolute Gasteiger partial charge is 0.744 e. The lowest BCUT2D eigenvalue weighted by Gasteiger charge is -2.11. The van der Waals surface area contributed by atoms with E-state index in [2.05, 4.69) is 0 Å². The Morgan fingerprint density at radius 3 is 2.00 bits per heavy atom. The molecule has 0 aliphatic rings. The lowest BCUT2D eigenvalue weighted by molar-refractivity contribution is -0.255. The summed E-state index contributed by atoms with van der Waals surface area (Å²) in [6.07, 6.45) is 0. The van der Waals surface area contributed by atoms with E-state index >= 15 is 0 Å². The molecule has 0 bridgehead atoms. The predicted octanol–water partition coefficient (Wildman–Crippen LogP) is -1.35. The summed E-state index contributed by atoms with van der Waals surface area (Å²) in [6, 6.07) is 1.83. The Morgan fingerprint density at radius 2 is 1.62 bits per heavy atom. The maximum Gasteiger partial charge on any atom is 0.335 e. The quantitative estimate of drug-likeness (QED) is 0.649. The first kappa shape index (κ1) is 12.1. The molecule has 0 heterocycles. The molecule has 1 aromatic carbocycles. The predicted molar refractivity (Wildman–Crippen MR) is 45.7 cm³/mol. The number of carbonyl (C=O) groups is 2. The van der Waals surface area contributed by atoms with Crippen molar-refractivity contribution in [2.75, 3.05) is 0 Å². The number of carboxylic acids is 2. The average molecular weight is 244 g/mol. The van der Waals surface area contributed by atoms with Gasteiger partial charge in [0.2, 0.25) is 0 Å². The Bertz CT molecular complexity index is 525. The molecule has 0 saturated carbocycles. The van der Waals surface area contributed by atoms with Crippen LogP contribution in [0.5, 0.6) is 0 Å². The second-order valence-electron chi connectivity index (χ2n) is 2.79. The van der Waals surface area contributed by atoms with Gasteiger partial charge in [-0.2, -0.15) is 0 Å². The van der Waals surface area contributed by atoms with Gasteiger partial charge in [-0.25, -0.2) is 13.2 Å². The zero-order valence-corrected chi connectivity index (χ0v) is 8.35. The molecule has 0 atom stereocenters. The summed E-state index contributed by atoms with van der Waals surface area (Å²) in [5.74, 6) is -3.32. The Balaban J connectivity index is 3.54. The molecule has 1 N–H and O–H groups in total. The van der Waals surface area contributed by atoms with Gasteiger partial charge in [0, 0.05) is 0 Å². The second-order valence-corrected chi connectivity index (χ2v) is 4.17. The number of benzene rings is 1. The van der Waals surface area contributed by atoms with Gasteiger partial charge in [-0.15, -0.1) is 0 Å². The van der Waals surface area contributed by atoms with Crippen LogP contribution in [0.15, 0.2) is 23.1 Å². The van der Waals surface area contributed by atoms with Gasteiger partial charge in [-0.3, -0.25) is 0 Å². The first-order valence-electron chi connectivity index (χ1n) is 3.77. The van der Waals surface area contributed by atoms with Crippen LogP contribution in [0.3, 0.4) is 0 Å². The van der Waals surface area contributed by atoms with Gasteiger partial charge < -0.3 is 19.6 Å². The van der Waals surface area contributed by atoms with Crippen LogP contribution in [0, 0.1) is 0 Å². The molecule has 0 saturated heterocycles. The van der Waals surface area contributed by atoms with E-state index < -0.39 is 38.1 Å². The van der Waals surface area contributed by atoms with Gasteiger partial charge in [-0.05, 0) is 23.8 Å². The number of hydrogen-bond acceptors (Lipinski definition) is 6. The number of carboxylic acid groups (broad SMARTS) is 2. The summed E-state index contributed by atoms with van der Waals surface area (Å²) in [6.45, 7) is 0. The van der Waals surface area contributed by atoms with Gasteiger partial charge in [0.05, 0.1) is 16.4 Å². The fourth-order valence-corrected chi connectivity index (χ4v) is 1.53. The van der Waals surface area contributed by atoms with E-state index in [1.54, 1.807) is 0 Å². The Kier molecular flexibility index (Phi) is 2.97. The smallest absolute Gasteiger partial charge is 0.335 e. The van der Waals surface area contributed by atoms with Gasteiger partial charge >= 0.3 is 5.97 Å². The van der Waals surface area contributed by atoms with Gasteiger partial charge in [-0.1, -0.05) is 0 Å². The van der Waals surface area contributed by atoms with Gasteiger partial charge in [0.1, 0.15) is 10.1 Å². The van der Waals surface area contributed by atoms with Crippen LogP contribution in [-0.2, 0) is 10.1 Å². The van der Waals surface area contributed by atoms with Crippen molar-refractivity contribution in [1.82, 2.24) is 0 Å². The third-order valence-electron chi connectivity index (χ3n) is 1.68. The number of hydrogen-bond donors (Lipinski definition) is 1. The average Bonchev–Trinajstić information content (AvgIpc) is 2.15. The van der Waals surface area contributed by atoms with Crippen molar-refractivity contribution in [1.29, 1.82) is 0 Å². The number of aromatic carboxylic acids is 2. The fraction of sp³-hybridized carbons (Fsp3) is 0. The highest BCUT2D eigenvalue weighted by Crippen LogP contribution is 2.14.